The van der Waals surface area contributed by atoms with Gasteiger partial charge in [0.15, 0.2) is 11.5 Å². The van der Waals surface area contributed by atoms with Gasteiger partial charge >= 0.3 is 0 Å². The third-order valence-corrected chi connectivity index (χ3v) is 8.90. The Morgan fingerprint density at radius 1 is 0.975 bits per heavy atom. The normalized spacial score (nSPS) is 12.3. The van der Waals surface area contributed by atoms with E-state index in [2.05, 4.69) is 9.71 Å². The van der Waals surface area contributed by atoms with Crippen molar-refractivity contribution in [2.45, 2.75) is 44.6 Å². The van der Waals surface area contributed by atoms with Gasteiger partial charge in [-0.2, -0.15) is 4.72 Å². The molecule has 1 unspecified atom stereocenters. The number of sulfonamides is 1. The van der Waals surface area contributed by atoms with E-state index in [-0.39, 0.29) is 17.2 Å². The predicted octanol–water partition coefficient (Wildman–Crippen LogP) is 4.70. The molecule has 0 aliphatic carbocycles. The lowest BCUT2D eigenvalue weighted by Crippen LogP contribution is -2.49. The number of aromatic amines is 1. The number of carbonyl (C=O) groups excluding carboxylic acids is 1. The van der Waals surface area contributed by atoms with Crippen LogP contribution in [0, 0.1) is 20.8 Å². The van der Waals surface area contributed by atoms with Gasteiger partial charge in [-0.3, -0.25) is 4.79 Å². The Hall–Kier alpha value is -3.82. The summed E-state index contributed by atoms with van der Waals surface area (Å²) in [6.07, 6.45) is 2.60. The third kappa shape index (κ3) is 6.32. The minimum Gasteiger partial charge on any atom is -0.493 e. The number of hydrogen-bond acceptors (Lipinski definition) is 5. The summed E-state index contributed by atoms with van der Waals surface area (Å²) in [7, 11) is 0.863. The Labute approximate surface area is 236 Å². The lowest BCUT2D eigenvalue weighted by molar-refractivity contribution is -0.131. The summed E-state index contributed by atoms with van der Waals surface area (Å²) in [6, 6.07) is 16.1. The molecule has 1 amide bonds. The van der Waals surface area contributed by atoms with Crippen molar-refractivity contribution in [2.24, 2.45) is 0 Å². The summed E-state index contributed by atoms with van der Waals surface area (Å²) in [5, 5.41) is 0.954. The molecule has 4 rings (SSSR count). The lowest BCUT2D eigenvalue weighted by atomic mass is 10.0. The number of hydrogen-bond donors (Lipinski definition) is 2. The van der Waals surface area contributed by atoms with Crippen molar-refractivity contribution in [2.75, 3.05) is 27.8 Å². The quantitative estimate of drug-likeness (QED) is 0.276. The minimum absolute atomic E-state index is 0.201. The highest BCUT2D eigenvalue weighted by molar-refractivity contribution is 7.89. The van der Waals surface area contributed by atoms with Crippen LogP contribution in [0.5, 0.6) is 11.5 Å². The van der Waals surface area contributed by atoms with E-state index in [1.807, 2.05) is 67.7 Å². The first-order valence-electron chi connectivity index (χ1n) is 13.1. The number of rotatable bonds is 11. The van der Waals surface area contributed by atoms with Crippen molar-refractivity contribution in [3.8, 4) is 11.5 Å². The van der Waals surface area contributed by atoms with Crippen LogP contribution in [0.15, 0.2) is 65.7 Å². The number of fused-ring (bicyclic) bond motifs is 1. The van der Waals surface area contributed by atoms with Crippen LogP contribution in [0.1, 0.15) is 27.8 Å². The largest absolute Gasteiger partial charge is 0.493 e. The van der Waals surface area contributed by atoms with Gasteiger partial charge in [-0.25, -0.2) is 8.42 Å². The van der Waals surface area contributed by atoms with E-state index >= 15 is 0 Å². The third-order valence-electron chi connectivity index (χ3n) is 7.13. The zero-order valence-electron chi connectivity index (χ0n) is 23.9. The highest BCUT2D eigenvalue weighted by Crippen LogP contribution is 2.28. The first-order chi connectivity index (χ1) is 19.0. The van der Waals surface area contributed by atoms with E-state index in [0.717, 1.165) is 27.6 Å². The molecule has 0 aliphatic rings. The Bertz CT molecular complexity index is 1600. The Balaban J connectivity index is 1.61. The van der Waals surface area contributed by atoms with E-state index in [1.54, 1.807) is 40.0 Å². The Kier molecular flexibility index (Phi) is 8.85. The highest BCUT2D eigenvalue weighted by Gasteiger charge is 2.30. The molecule has 1 atom stereocenters. The second-order valence-electron chi connectivity index (χ2n) is 10.2. The summed E-state index contributed by atoms with van der Waals surface area (Å²) < 4.78 is 40.9. The molecule has 0 saturated heterocycles. The van der Waals surface area contributed by atoms with Crippen LogP contribution in [0.3, 0.4) is 0 Å². The van der Waals surface area contributed by atoms with Gasteiger partial charge in [0, 0.05) is 30.7 Å². The number of nitrogens with zero attached hydrogens (tertiary/aromatic N) is 1. The molecular formula is C31H37N3O5S. The highest BCUT2D eigenvalue weighted by atomic mass is 32.2. The fourth-order valence-corrected chi connectivity index (χ4v) is 6.89. The smallest absolute Gasteiger partial charge is 0.241 e. The maximum Gasteiger partial charge on any atom is 0.241 e. The van der Waals surface area contributed by atoms with Crippen LogP contribution < -0.4 is 14.2 Å². The van der Waals surface area contributed by atoms with Crippen molar-refractivity contribution in [1.29, 1.82) is 0 Å². The monoisotopic (exact) mass is 563 g/mol. The van der Waals surface area contributed by atoms with E-state index in [0.29, 0.717) is 35.6 Å². The van der Waals surface area contributed by atoms with Gasteiger partial charge in [0.25, 0.3) is 0 Å². The molecule has 4 aromatic rings. The van der Waals surface area contributed by atoms with E-state index in [4.69, 9.17) is 9.47 Å². The molecule has 0 saturated carbocycles. The molecule has 0 radical (unpaired) electrons. The average Bonchev–Trinajstić information content (AvgIpc) is 3.32. The first-order valence-corrected chi connectivity index (χ1v) is 14.6. The van der Waals surface area contributed by atoms with Crippen molar-refractivity contribution in [3.63, 3.8) is 0 Å². The van der Waals surface area contributed by atoms with Gasteiger partial charge in [-0.15, -0.1) is 0 Å². The zero-order chi connectivity index (χ0) is 29.0. The summed E-state index contributed by atoms with van der Waals surface area (Å²) in [4.78, 5) is 18.8. The number of likely N-dealkylation sites (N-methyl/N-ethyl adjacent to an activating group) is 1. The fourth-order valence-electron chi connectivity index (χ4n) is 5.25. The van der Waals surface area contributed by atoms with E-state index in [9.17, 15) is 13.2 Å². The second kappa shape index (κ2) is 12.1. The van der Waals surface area contributed by atoms with Crippen LogP contribution >= 0.6 is 0 Å². The molecule has 9 heteroatoms. The molecule has 212 valence electrons. The number of aromatic nitrogens is 1. The summed E-state index contributed by atoms with van der Waals surface area (Å²) in [5.41, 5.74) is 5.03. The van der Waals surface area contributed by atoms with Crippen molar-refractivity contribution >= 4 is 26.8 Å². The molecule has 8 nitrogen and oxygen atoms in total. The second-order valence-corrected chi connectivity index (χ2v) is 11.8. The van der Waals surface area contributed by atoms with Crippen molar-refractivity contribution in [3.05, 3.63) is 88.6 Å². The van der Waals surface area contributed by atoms with Gasteiger partial charge in [-0.05, 0) is 74.1 Å². The number of para-hydroxylation sites is 1. The molecule has 40 heavy (non-hydrogen) atoms. The summed E-state index contributed by atoms with van der Waals surface area (Å²) >= 11 is 0. The lowest BCUT2D eigenvalue weighted by Gasteiger charge is -2.25. The standard InChI is InChI=1S/C31H37N3O5S/c1-20-15-21(2)30(22(3)16-20)40(36,37)33-27(18-24-19-32-26-10-8-7-9-25(24)26)31(35)34(4)14-13-23-11-12-28(38-5)29(17-23)39-6/h7-12,15-17,19,27,32-33H,13-14,18H2,1-6H3. The molecular weight excluding hydrogens is 526 g/mol. The number of carbonyl (C=O) groups is 1. The van der Waals surface area contributed by atoms with E-state index in [1.165, 1.54) is 0 Å². The van der Waals surface area contributed by atoms with Gasteiger partial charge < -0.3 is 19.4 Å². The fraction of sp³-hybridized carbons (Fsp3) is 0.323. The van der Waals surface area contributed by atoms with E-state index < -0.39 is 16.1 Å². The minimum atomic E-state index is -3.99. The number of ether oxygens (including phenoxy) is 2. The summed E-state index contributed by atoms with van der Waals surface area (Å²) in [5.74, 6) is 0.935. The van der Waals surface area contributed by atoms with Crippen LogP contribution in [0.25, 0.3) is 10.9 Å². The maximum atomic E-state index is 13.8. The molecule has 0 spiro atoms. The molecule has 0 fully saturated rings. The predicted molar refractivity (Wildman–Crippen MR) is 158 cm³/mol. The topological polar surface area (TPSA) is 101 Å². The number of methoxy groups -OCH3 is 2. The zero-order valence-corrected chi connectivity index (χ0v) is 24.7. The molecule has 0 aliphatic heterocycles. The molecule has 1 aromatic heterocycles. The molecule has 2 N–H and O–H groups in total. The SMILES string of the molecule is COc1ccc(CCN(C)C(=O)C(Cc2c[nH]c3ccccc23)NS(=O)(=O)c2c(C)cc(C)cc2C)cc1OC. The summed E-state index contributed by atoms with van der Waals surface area (Å²) in [6.45, 7) is 5.88. The van der Waals surface area contributed by atoms with Gasteiger partial charge in [-0.1, -0.05) is 42.0 Å². The van der Waals surface area contributed by atoms with Crippen molar-refractivity contribution < 1.29 is 22.7 Å². The molecule has 3 aromatic carbocycles. The number of amides is 1. The number of H-pyrrole nitrogens is 1. The van der Waals surface area contributed by atoms with Gasteiger partial charge in [0.1, 0.15) is 6.04 Å². The van der Waals surface area contributed by atoms with Crippen LogP contribution in [0.4, 0.5) is 0 Å². The van der Waals surface area contributed by atoms with Crippen LogP contribution in [0.2, 0.25) is 0 Å². The Morgan fingerprint density at radius 2 is 1.65 bits per heavy atom. The Morgan fingerprint density at radius 3 is 2.33 bits per heavy atom. The maximum absolute atomic E-state index is 13.8. The number of benzene rings is 3. The van der Waals surface area contributed by atoms with Gasteiger partial charge in [0.2, 0.25) is 15.9 Å². The number of aryl methyl sites for hydroxylation is 3. The van der Waals surface area contributed by atoms with Gasteiger partial charge in [0.05, 0.1) is 19.1 Å². The average molecular weight is 564 g/mol. The molecule has 1 heterocycles. The molecule has 0 bridgehead atoms. The van der Waals surface area contributed by atoms with Crippen molar-refractivity contribution in [1.82, 2.24) is 14.6 Å². The first kappa shape index (κ1) is 29.2. The van der Waals surface area contributed by atoms with Crippen LogP contribution in [-0.2, 0) is 27.7 Å². The van der Waals surface area contributed by atoms with Crippen LogP contribution in [-0.4, -0.2) is 58.1 Å². The number of nitrogens with one attached hydrogen (secondary N) is 2.